The number of benzene rings is 1. The zero-order valence-corrected chi connectivity index (χ0v) is 11.4. The van der Waals surface area contributed by atoms with Gasteiger partial charge in [-0.1, -0.05) is 33.6 Å². The largest absolute Gasteiger partial charge is 0.381 e. The molecular formula is C12H15BrClNO. The molecule has 4 heteroatoms. The zero-order chi connectivity index (χ0) is 11.4. The Hall–Kier alpha value is -0.0900. The lowest BCUT2D eigenvalue weighted by molar-refractivity contribution is 0.0776. The molecule has 0 amide bonds. The van der Waals surface area contributed by atoms with E-state index < -0.39 is 0 Å². The first-order valence-corrected chi connectivity index (χ1v) is 6.68. The summed E-state index contributed by atoms with van der Waals surface area (Å²) in [6.45, 7) is 2.56. The van der Waals surface area contributed by atoms with Gasteiger partial charge in [0.1, 0.15) is 0 Å². The molecule has 0 aromatic heterocycles. The highest BCUT2D eigenvalue weighted by Gasteiger charge is 2.13. The number of ether oxygens (including phenoxy) is 1. The minimum absolute atomic E-state index is 0.563. The van der Waals surface area contributed by atoms with Crippen LogP contribution in [-0.4, -0.2) is 19.3 Å². The van der Waals surface area contributed by atoms with Crippen molar-refractivity contribution in [2.75, 3.05) is 13.2 Å². The number of hydrogen-bond donors (Lipinski definition) is 1. The molecule has 1 saturated heterocycles. The predicted molar refractivity (Wildman–Crippen MR) is 69.8 cm³/mol. The third-order valence-electron chi connectivity index (χ3n) is 2.82. The van der Waals surface area contributed by atoms with Crippen molar-refractivity contribution < 1.29 is 4.74 Å². The molecule has 2 nitrogen and oxygen atoms in total. The quantitative estimate of drug-likeness (QED) is 0.924. The molecule has 0 radical (unpaired) electrons. The molecule has 0 bridgehead atoms. The van der Waals surface area contributed by atoms with Gasteiger partial charge in [-0.25, -0.2) is 0 Å². The second kappa shape index (κ2) is 6.01. The summed E-state index contributed by atoms with van der Waals surface area (Å²) in [5, 5.41) is 4.33. The molecule has 0 unspecified atom stereocenters. The maximum atomic E-state index is 6.15. The molecule has 0 aliphatic carbocycles. The summed E-state index contributed by atoms with van der Waals surface area (Å²) in [7, 11) is 0. The summed E-state index contributed by atoms with van der Waals surface area (Å²) >= 11 is 9.56. The highest BCUT2D eigenvalue weighted by Crippen LogP contribution is 2.21. The van der Waals surface area contributed by atoms with Crippen LogP contribution in [0.5, 0.6) is 0 Å². The maximum Gasteiger partial charge on any atom is 0.0480 e. The minimum Gasteiger partial charge on any atom is -0.381 e. The number of halogens is 2. The van der Waals surface area contributed by atoms with E-state index in [2.05, 4.69) is 27.3 Å². The summed E-state index contributed by atoms with van der Waals surface area (Å²) in [5.74, 6) is 0. The standard InChI is InChI=1S/C12H15BrClNO/c13-10-2-1-9(12(14)7-10)8-15-11-3-5-16-6-4-11/h1-2,7,11,15H,3-6,8H2. The van der Waals surface area contributed by atoms with E-state index >= 15 is 0 Å². The van der Waals surface area contributed by atoms with E-state index in [4.69, 9.17) is 16.3 Å². The van der Waals surface area contributed by atoms with Gasteiger partial charge in [0.25, 0.3) is 0 Å². The van der Waals surface area contributed by atoms with Crippen LogP contribution >= 0.6 is 27.5 Å². The van der Waals surface area contributed by atoms with Crippen molar-refractivity contribution in [3.63, 3.8) is 0 Å². The van der Waals surface area contributed by atoms with Crippen LogP contribution in [0.4, 0.5) is 0 Å². The van der Waals surface area contributed by atoms with E-state index in [1.54, 1.807) is 0 Å². The third-order valence-corrected chi connectivity index (χ3v) is 3.66. The molecule has 1 aromatic rings. The fraction of sp³-hybridized carbons (Fsp3) is 0.500. The Bertz CT molecular complexity index is 353. The molecule has 16 heavy (non-hydrogen) atoms. The number of hydrogen-bond acceptors (Lipinski definition) is 2. The van der Waals surface area contributed by atoms with E-state index in [0.717, 1.165) is 47.7 Å². The smallest absolute Gasteiger partial charge is 0.0480 e. The second-order valence-electron chi connectivity index (χ2n) is 4.00. The Kier molecular flexibility index (Phi) is 4.65. The van der Waals surface area contributed by atoms with E-state index in [0.29, 0.717) is 6.04 Å². The van der Waals surface area contributed by atoms with Crippen molar-refractivity contribution in [2.45, 2.75) is 25.4 Å². The second-order valence-corrected chi connectivity index (χ2v) is 5.33. The van der Waals surface area contributed by atoms with E-state index in [1.807, 2.05) is 12.1 Å². The van der Waals surface area contributed by atoms with Crippen LogP contribution in [0.3, 0.4) is 0 Å². The van der Waals surface area contributed by atoms with Gasteiger partial charge in [-0.2, -0.15) is 0 Å². The van der Waals surface area contributed by atoms with Crippen LogP contribution in [-0.2, 0) is 11.3 Å². The van der Waals surface area contributed by atoms with E-state index in [1.165, 1.54) is 0 Å². The predicted octanol–water partition coefficient (Wildman–Crippen LogP) is 3.37. The van der Waals surface area contributed by atoms with Crippen LogP contribution in [0.1, 0.15) is 18.4 Å². The Morgan fingerprint density at radius 3 is 2.81 bits per heavy atom. The van der Waals surface area contributed by atoms with Gasteiger partial charge >= 0.3 is 0 Å². The Balaban J connectivity index is 1.88. The molecule has 0 saturated carbocycles. The highest BCUT2D eigenvalue weighted by atomic mass is 79.9. The Morgan fingerprint density at radius 2 is 2.12 bits per heavy atom. The highest BCUT2D eigenvalue weighted by molar-refractivity contribution is 9.10. The minimum atomic E-state index is 0.563. The van der Waals surface area contributed by atoms with Gasteiger partial charge in [0, 0.05) is 35.3 Å². The summed E-state index contributed by atoms with van der Waals surface area (Å²) in [4.78, 5) is 0. The molecule has 88 valence electrons. The average Bonchev–Trinajstić information content (AvgIpc) is 2.29. The maximum absolute atomic E-state index is 6.15. The van der Waals surface area contributed by atoms with Gasteiger partial charge in [0.05, 0.1) is 0 Å². The average molecular weight is 305 g/mol. The normalized spacial score (nSPS) is 17.6. The Morgan fingerprint density at radius 1 is 1.38 bits per heavy atom. The molecular weight excluding hydrogens is 289 g/mol. The molecule has 1 aromatic carbocycles. The lowest BCUT2D eigenvalue weighted by Crippen LogP contribution is -2.34. The molecule has 1 aliphatic heterocycles. The molecule has 2 rings (SSSR count). The molecule has 1 aliphatic rings. The number of nitrogens with one attached hydrogen (secondary N) is 1. The number of rotatable bonds is 3. The van der Waals surface area contributed by atoms with Crippen LogP contribution in [0.2, 0.25) is 5.02 Å². The third kappa shape index (κ3) is 3.45. The molecule has 1 N–H and O–H groups in total. The lowest BCUT2D eigenvalue weighted by Gasteiger charge is -2.23. The van der Waals surface area contributed by atoms with Crippen molar-refractivity contribution in [1.82, 2.24) is 5.32 Å². The first-order valence-electron chi connectivity index (χ1n) is 5.51. The van der Waals surface area contributed by atoms with Crippen molar-refractivity contribution in [1.29, 1.82) is 0 Å². The summed E-state index contributed by atoms with van der Waals surface area (Å²) < 4.78 is 6.34. The van der Waals surface area contributed by atoms with Gasteiger partial charge in [0.2, 0.25) is 0 Å². The van der Waals surface area contributed by atoms with Crippen molar-refractivity contribution in [2.24, 2.45) is 0 Å². The van der Waals surface area contributed by atoms with Gasteiger partial charge in [0.15, 0.2) is 0 Å². The fourth-order valence-corrected chi connectivity index (χ4v) is 2.56. The zero-order valence-electron chi connectivity index (χ0n) is 9.01. The SMILES string of the molecule is Clc1cc(Br)ccc1CNC1CCOCC1. The van der Waals surface area contributed by atoms with E-state index in [-0.39, 0.29) is 0 Å². The lowest BCUT2D eigenvalue weighted by atomic mass is 10.1. The van der Waals surface area contributed by atoms with Crippen LogP contribution in [0.25, 0.3) is 0 Å². The molecule has 0 atom stereocenters. The summed E-state index contributed by atoms with van der Waals surface area (Å²) in [6, 6.07) is 6.57. The topological polar surface area (TPSA) is 21.3 Å². The van der Waals surface area contributed by atoms with Gasteiger partial charge < -0.3 is 10.1 Å². The summed E-state index contributed by atoms with van der Waals surface area (Å²) in [6.07, 6.45) is 2.18. The van der Waals surface area contributed by atoms with Crippen LogP contribution in [0.15, 0.2) is 22.7 Å². The van der Waals surface area contributed by atoms with Crippen molar-refractivity contribution in [3.8, 4) is 0 Å². The first-order chi connectivity index (χ1) is 7.75. The van der Waals surface area contributed by atoms with Gasteiger partial charge in [-0.3, -0.25) is 0 Å². The summed E-state index contributed by atoms with van der Waals surface area (Å²) in [5.41, 5.74) is 1.15. The first kappa shape index (κ1) is 12.4. The van der Waals surface area contributed by atoms with E-state index in [9.17, 15) is 0 Å². The van der Waals surface area contributed by atoms with Crippen LogP contribution in [0, 0.1) is 0 Å². The molecule has 1 heterocycles. The molecule has 1 fully saturated rings. The van der Waals surface area contributed by atoms with Crippen molar-refractivity contribution in [3.05, 3.63) is 33.3 Å². The monoisotopic (exact) mass is 303 g/mol. The Labute approximate surface area is 109 Å². The molecule has 0 spiro atoms. The van der Waals surface area contributed by atoms with Crippen molar-refractivity contribution >= 4 is 27.5 Å². The van der Waals surface area contributed by atoms with Gasteiger partial charge in [-0.05, 0) is 30.5 Å². The van der Waals surface area contributed by atoms with Crippen LogP contribution < -0.4 is 5.32 Å². The fourth-order valence-electron chi connectivity index (χ4n) is 1.82. The van der Waals surface area contributed by atoms with Gasteiger partial charge in [-0.15, -0.1) is 0 Å².